The molecule has 0 saturated carbocycles. The van der Waals surface area contributed by atoms with E-state index in [1.807, 2.05) is 0 Å². The number of hydrogen-bond donors (Lipinski definition) is 0. The molecule has 0 unspecified atom stereocenters. The van der Waals surface area contributed by atoms with E-state index in [0.717, 1.165) is 38.5 Å². The first-order chi connectivity index (χ1) is 9.70. The smallest absolute Gasteiger partial charge is 0.330 e. The molecule has 0 aliphatic heterocycles. The Morgan fingerprint density at radius 1 is 0.850 bits per heavy atom. The predicted octanol–water partition coefficient (Wildman–Crippen LogP) is 2.79. The molecule has 0 aromatic carbocycles. The van der Waals surface area contributed by atoms with E-state index >= 15 is 0 Å². The predicted molar refractivity (Wildman–Crippen MR) is 77.8 cm³/mol. The summed E-state index contributed by atoms with van der Waals surface area (Å²) in [5.74, 6) is 5.52. The number of unbranched alkanes of at least 4 members (excludes halogenated alkanes) is 4. The van der Waals surface area contributed by atoms with Gasteiger partial charge in [-0.1, -0.05) is 12.2 Å². The van der Waals surface area contributed by atoms with Crippen molar-refractivity contribution in [2.45, 2.75) is 38.5 Å². The van der Waals surface area contributed by atoms with Crippen molar-refractivity contribution >= 4 is 11.9 Å². The third-order valence-electron chi connectivity index (χ3n) is 2.38. The topological polar surface area (TPSA) is 52.6 Å². The Hall–Kier alpha value is -2.02. The largest absolute Gasteiger partial charge is 0.466 e. The van der Waals surface area contributed by atoms with Crippen LogP contribution >= 0.6 is 0 Å². The van der Waals surface area contributed by atoms with E-state index in [9.17, 15) is 9.59 Å². The third kappa shape index (κ3) is 12.4. The summed E-state index contributed by atoms with van der Waals surface area (Å²) in [6.45, 7) is 0. The first-order valence-electron chi connectivity index (χ1n) is 6.65. The molecule has 0 radical (unpaired) electrons. The maximum atomic E-state index is 10.8. The van der Waals surface area contributed by atoms with Gasteiger partial charge in [0.25, 0.3) is 0 Å². The molecule has 0 aromatic heterocycles. The maximum Gasteiger partial charge on any atom is 0.330 e. The van der Waals surface area contributed by atoms with Gasteiger partial charge in [-0.05, 0) is 25.7 Å². The summed E-state index contributed by atoms with van der Waals surface area (Å²) < 4.78 is 8.95. The molecule has 0 N–H and O–H groups in total. The molecule has 110 valence electrons. The van der Waals surface area contributed by atoms with E-state index in [0.29, 0.717) is 0 Å². The molecule has 20 heavy (non-hydrogen) atoms. The Kier molecular flexibility index (Phi) is 12.1. The van der Waals surface area contributed by atoms with Crippen LogP contribution in [0.5, 0.6) is 0 Å². The van der Waals surface area contributed by atoms with Crippen LogP contribution in [0.2, 0.25) is 0 Å². The molecule has 0 amide bonds. The van der Waals surface area contributed by atoms with E-state index < -0.39 is 0 Å². The zero-order valence-electron chi connectivity index (χ0n) is 12.2. The van der Waals surface area contributed by atoms with Gasteiger partial charge in [-0.2, -0.15) is 0 Å². The summed E-state index contributed by atoms with van der Waals surface area (Å²) >= 11 is 0. The third-order valence-corrected chi connectivity index (χ3v) is 2.38. The number of hydrogen-bond acceptors (Lipinski definition) is 4. The minimum absolute atomic E-state index is 0.323. The Labute approximate surface area is 120 Å². The second kappa shape index (κ2) is 13.4. The molecular weight excluding hydrogens is 256 g/mol. The quantitative estimate of drug-likeness (QED) is 0.296. The first kappa shape index (κ1) is 18.0. The lowest BCUT2D eigenvalue weighted by atomic mass is 10.2. The fraction of sp³-hybridized carbons (Fsp3) is 0.500. The van der Waals surface area contributed by atoms with Crippen LogP contribution in [0, 0.1) is 11.8 Å². The lowest BCUT2D eigenvalue weighted by Gasteiger charge is -1.91. The standard InChI is InChI=1S/C16H22O4/c1-19-15(17)13-11-9-7-5-3-4-6-8-10-12-14-16(18)20-2/h11-14H,5-10H2,1-2H3/b13-11+,14-12+. The maximum absolute atomic E-state index is 10.8. The molecular formula is C16H22O4. The summed E-state index contributed by atoms with van der Waals surface area (Å²) in [4.78, 5) is 21.5. The van der Waals surface area contributed by atoms with Crippen molar-refractivity contribution < 1.29 is 19.1 Å². The molecule has 0 saturated heterocycles. The van der Waals surface area contributed by atoms with Crippen LogP contribution in [0.15, 0.2) is 24.3 Å². The number of allylic oxidation sites excluding steroid dienone is 2. The van der Waals surface area contributed by atoms with Crippen LogP contribution in [-0.2, 0) is 19.1 Å². The van der Waals surface area contributed by atoms with Crippen molar-refractivity contribution in [3.63, 3.8) is 0 Å². The molecule has 0 aliphatic carbocycles. The second-order valence-corrected chi connectivity index (χ2v) is 3.99. The summed E-state index contributed by atoms with van der Waals surface area (Å²) in [5, 5.41) is 0. The normalized spacial score (nSPS) is 10.3. The van der Waals surface area contributed by atoms with Crippen LogP contribution in [-0.4, -0.2) is 26.2 Å². The fourth-order valence-corrected chi connectivity index (χ4v) is 1.29. The van der Waals surface area contributed by atoms with Crippen molar-refractivity contribution in [2.24, 2.45) is 0 Å². The van der Waals surface area contributed by atoms with E-state index in [4.69, 9.17) is 0 Å². The molecule has 0 spiro atoms. The molecule has 4 nitrogen and oxygen atoms in total. The summed E-state index contributed by atoms with van der Waals surface area (Å²) in [6, 6.07) is 0. The molecule has 0 aromatic rings. The van der Waals surface area contributed by atoms with Crippen LogP contribution < -0.4 is 0 Å². The Morgan fingerprint density at radius 2 is 1.25 bits per heavy atom. The van der Waals surface area contributed by atoms with Gasteiger partial charge < -0.3 is 9.47 Å². The van der Waals surface area contributed by atoms with Gasteiger partial charge in [0, 0.05) is 25.0 Å². The highest BCUT2D eigenvalue weighted by molar-refractivity contribution is 5.81. The lowest BCUT2D eigenvalue weighted by Crippen LogP contribution is -1.93. The highest BCUT2D eigenvalue weighted by Crippen LogP contribution is 1.98. The Balaban J connectivity index is 3.46. The van der Waals surface area contributed by atoms with Crippen molar-refractivity contribution in [3.05, 3.63) is 24.3 Å². The van der Waals surface area contributed by atoms with Crippen molar-refractivity contribution in [2.75, 3.05) is 14.2 Å². The Morgan fingerprint density at radius 3 is 1.60 bits per heavy atom. The van der Waals surface area contributed by atoms with E-state index in [1.54, 1.807) is 12.2 Å². The number of carbonyl (C=O) groups excluding carboxylic acids is 2. The van der Waals surface area contributed by atoms with E-state index in [1.165, 1.54) is 26.4 Å². The van der Waals surface area contributed by atoms with Crippen LogP contribution in [0.25, 0.3) is 0 Å². The minimum atomic E-state index is -0.323. The van der Waals surface area contributed by atoms with Gasteiger partial charge in [0.1, 0.15) is 0 Å². The molecule has 4 heteroatoms. The Bertz CT molecular complexity index is 360. The van der Waals surface area contributed by atoms with Gasteiger partial charge in [0.15, 0.2) is 0 Å². The number of methoxy groups -OCH3 is 2. The minimum Gasteiger partial charge on any atom is -0.466 e. The summed E-state index contributed by atoms with van der Waals surface area (Å²) in [7, 11) is 2.72. The number of esters is 2. The van der Waals surface area contributed by atoms with Crippen LogP contribution in [0.1, 0.15) is 38.5 Å². The molecule has 0 atom stereocenters. The molecule has 0 bridgehead atoms. The van der Waals surface area contributed by atoms with Gasteiger partial charge in [0.05, 0.1) is 14.2 Å². The van der Waals surface area contributed by atoms with Crippen molar-refractivity contribution in [3.8, 4) is 11.8 Å². The van der Waals surface area contributed by atoms with Crippen molar-refractivity contribution in [1.29, 1.82) is 0 Å². The summed E-state index contributed by atoms with van der Waals surface area (Å²) in [5.41, 5.74) is 0. The van der Waals surface area contributed by atoms with Gasteiger partial charge in [0.2, 0.25) is 0 Å². The first-order valence-corrected chi connectivity index (χ1v) is 6.65. The second-order valence-electron chi connectivity index (χ2n) is 3.99. The van der Waals surface area contributed by atoms with Gasteiger partial charge >= 0.3 is 11.9 Å². The van der Waals surface area contributed by atoms with Gasteiger partial charge in [-0.15, -0.1) is 11.8 Å². The lowest BCUT2D eigenvalue weighted by molar-refractivity contribution is -0.135. The molecule has 0 rings (SSSR count). The fourth-order valence-electron chi connectivity index (χ4n) is 1.29. The zero-order chi connectivity index (χ0) is 15.1. The number of ether oxygens (including phenoxy) is 2. The van der Waals surface area contributed by atoms with Gasteiger partial charge in [-0.3, -0.25) is 0 Å². The van der Waals surface area contributed by atoms with Crippen LogP contribution in [0.3, 0.4) is 0 Å². The number of carbonyl (C=O) groups is 2. The van der Waals surface area contributed by atoms with E-state index in [-0.39, 0.29) is 11.9 Å². The molecule has 0 heterocycles. The average Bonchev–Trinajstić information content (AvgIpc) is 2.47. The molecule has 0 fully saturated rings. The van der Waals surface area contributed by atoms with Crippen LogP contribution in [0.4, 0.5) is 0 Å². The highest BCUT2D eigenvalue weighted by atomic mass is 16.5. The SMILES string of the molecule is COC(=O)/C=C/CCCC#CCCC/C=C/C(=O)OC. The monoisotopic (exact) mass is 278 g/mol. The van der Waals surface area contributed by atoms with Gasteiger partial charge in [-0.25, -0.2) is 9.59 Å². The molecule has 0 aliphatic rings. The van der Waals surface area contributed by atoms with Crippen molar-refractivity contribution in [1.82, 2.24) is 0 Å². The zero-order valence-corrected chi connectivity index (χ0v) is 12.2. The highest BCUT2D eigenvalue weighted by Gasteiger charge is 1.90. The number of rotatable bonds is 8. The average molecular weight is 278 g/mol. The summed E-state index contributed by atoms with van der Waals surface area (Å²) in [6.07, 6.45) is 11.6. The van der Waals surface area contributed by atoms with E-state index in [2.05, 4.69) is 21.3 Å².